The van der Waals surface area contributed by atoms with Crippen molar-refractivity contribution in [3.05, 3.63) is 22.4 Å². The van der Waals surface area contributed by atoms with Gasteiger partial charge in [-0.2, -0.15) is 0 Å². The van der Waals surface area contributed by atoms with Crippen LogP contribution in [-0.2, 0) is 6.42 Å². The number of nitrogens with zero attached hydrogens (tertiary/aromatic N) is 1. The van der Waals surface area contributed by atoms with Crippen molar-refractivity contribution in [2.24, 2.45) is 4.99 Å². The average molecular weight is 211 g/mol. The van der Waals surface area contributed by atoms with E-state index in [1.807, 2.05) is 11.3 Å². The van der Waals surface area contributed by atoms with Crippen molar-refractivity contribution >= 4 is 28.7 Å². The molecule has 1 aromatic rings. The summed E-state index contributed by atoms with van der Waals surface area (Å²) in [6, 6.07) is 4.30. The second kappa shape index (κ2) is 6.96. The van der Waals surface area contributed by atoms with Crippen molar-refractivity contribution in [2.75, 3.05) is 6.54 Å². The van der Waals surface area contributed by atoms with Crippen LogP contribution in [0.1, 0.15) is 24.1 Å². The van der Waals surface area contributed by atoms with E-state index in [-0.39, 0.29) is 0 Å². The molecule has 0 bridgehead atoms. The van der Waals surface area contributed by atoms with E-state index in [0.717, 1.165) is 13.0 Å². The molecule has 0 aliphatic carbocycles. The Labute approximate surface area is 88.5 Å². The van der Waals surface area contributed by atoms with Gasteiger partial charge in [0, 0.05) is 11.4 Å². The third-order valence-corrected chi connectivity index (χ3v) is 2.90. The summed E-state index contributed by atoms with van der Waals surface area (Å²) in [6.07, 6.45) is 4.83. The van der Waals surface area contributed by atoms with Crippen LogP contribution in [0.4, 0.5) is 0 Å². The van der Waals surface area contributed by atoms with Gasteiger partial charge in [0.1, 0.15) is 0 Å². The molecule has 0 spiro atoms. The number of aliphatic imine (C=N–C) groups is 1. The van der Waals surface area contributed by atoms with E-state index in [1.165, 1.54) is 24.1 Å². The van der Waals surface area contributed by atoms with E-state index in [4.69, 9.17) is 0 Å². The first-order chi connectivity index (χ1) is 6.43. The van der Waals surface area contributed by atoms with E-state index >= 15 is 0 Å². The highest BCUT2D eigenvalue weighted by molar-refractivity contribution is 7.78. The van der Waals surface area contributed by atoms with Gasteiger partial charge in [0.15, 0.2) is 0 Å². The quantitative estimate of drug-likeness (QED) is 0.398. The molecule has 0 atom stereocenters. The van der Waals surface area contributed by atoms with Gasteiger partial charge in [0.05, 0.1) is 5.16 Å². The number of unbranched alkanes of at least 4 members (excludes halogenated alkanes) is 2. The first-order valence-corrected chi connectivity index (χ1v) is 5.78. The van der Waals surface area contributed by atoms with Gasteiger partial charge in [0.25, 0.3) is 0 Å². The summed E-state index contributed by atoms with van der Waals surface area (Å²) in [5, 5.41) is 4.51. The normalized spacial score (nSPS) is 9.54. The summed E-state index contributed by atoms with van der Waals surface area (Å²) < 4.78 is 0. The number of isothiocyanates is 1. The molecule has 1 rings (SSSR count). The van der Waals surface area contributed by atoms with E-state index in [0.29, 0.717) is 0 Å². The lowest BCUT2D eigenvalue weighted by atomic mass is 10.2. The maximum absolute atomic E-state index is 4.48. The zero-order valence-electron chi connectivity index (χ0n) is 7.53. The monoisotopic (exact) mass is 211 g/mol. The fourth-order valence-electron chi connectivity index (χ4n) is 1.17. The Balaban J connectivity index is 1.99. The van der Waals surface area contributed by atoms with Crippen LogP contribution in [0.15, 0.2) is 22.5 Å². The van der Waals surface area contributed by atoms with E-state index < -0.39 is 0 Å². The van der Waals surface area contributed by atoms with Crippen LogP contribution >= 0.6 is 23.6 Å². The van der Waals surface area contributed by atoms with Crippen LogP contribution in [0.5, 0.6) is 0 Å². The third kappa shape index (κ3) is 4.94. The van der Waals surface area contributed by atoms with Crippen LogP contribution < -0.4 is 0 Å². The van der Waals surface area contributed by atoms with Crippen LogP contribution in [0.3, 0.4) is 0 Å². The molecule has 0 saturated heterocycles. The molecule has 0 fully saturated rings. The predicted molar refractivity (Wildman–Crippen MR) is 61.8 cm³/mol. The molecule has 70 valence electrons. The molecule has 0 aromatic carbocycles. The Bertz CT molecular complexity index is 260. The Morgan fingerprint density at radius 1 is 1.38 bits per heavy atom. The van der Waals surface area contributed by atoms with Crippen LogP contribution in [-0.4, -0.2) is 11.7 Å². The standard InChI is InChI=1S/C10H13NS2/c12-9-11-7-3-1-2-5-10-6-4-8-13-10/h4,6,8H,1-3,5,7H2. The number of hydrogen-bond acceptors (Lipinski definition) is 3. The summed E-state index contributed by atoms with van der Waals surface area (Å²) in [5.41, 5.74) is 0. The summed E-state index contributed by atoms with van der Waals surface area (Å²) >= 11 is 6.32. The molecular weight excluding hydrogens is 198 g/mol. The molecule has 1 heterocycles. The Kier molecular flexibility index (Phi) is 5.66. The molecule has 13 heavy (non-hydrogen) atoms. The largest absolute Gasteiger partial charge is 0.233 e. The predicted octanol–water partition coefficient (Wildman–Crippen LogP) is 3.56. The molecule has 0 aliphatic rings. The lowest BCUT2D eigenvalue weighted by Gasteiger charge is -1.95. The number of thiocarbonyl (C=S) groups is 1. The van der Waals surface area contributed by atoms with Gasteiger partial charge in [-0.15, -0.1) is 11.3 Å². The zero-order chi connectivity index (χ0) is 9.36. The van der Waals surface area contributed by atoms with Gasteiger partial charge >= 0.3 is 0 Å². The molecule has 1 nitrogen and oxygen atoms in total. The van der Waals surface area contributed by atoms with Gasteiger partial charge in [-0.05, 0) is 42.9 Å². The lowest BCUT2D eigenvalue weighted by molar-refractivity contribution is 0.692. The van der Waals surface area contributed by atoms with Crippen molar-refractivity contribution in [3.8, 4) is 0 Å². The fourth-order valence-corrected chi connectivity index (χ4v) is 2.01. The van der Waals surface area contributed by atoms with Gasteiger partial charge in [-0.3, -0.25) is 0 Å². The Morgan fingerprint density at radius 3 is 3.00 bits per heavy atom. The topological polar surface area (TPSA) is 12.4 Å². The molecular formula is C10H13NS2. The number of thiophene rings is 1. The van der Waals surface area contributed by atoms with Crippen molar-refractivity contribution in [1.29, 1.82) is 0 Å². The lowest BCUT2D eigenvalue weighted by Crippen LogP contribution is -1.84. The molecule has 0 saturated carbocycles. The van der Waals surface area contributed by atoms with Crippen molar-refractivity contribution in [2.45, 2.75) is 25.7 Å². The van der Waals surface area contributed by atoms with Gasteiger partial charge in [0.2, 0.25) is 0 Å². The van der Waals surface area contributed by atoms with Crippen molar-refractivity contribution < 1.29 is 0 Å². The first kappa shape index (κ1) is 10.6. The number of aryl methyl sites for hydroxylation is 1. The molecule has 1 aromatic heterocycles. The minimum absolute atomic E-state index is 0.841. The number of rotatable bonds is 6. The minimum atomic E-state index is 0.841. The second-order valence-electron chi connectivity index (χ2n) is 2.86. The van der Waals surface area contributed by atoms with E-state index in [1.54, 1.807) is 0 Å². The molecule has 0 unspecified atom stereocenters. The van der Waals surface area contributed by atoms with Crippen molar-refractivity contribution in [3.63, 3.8) is 0 Å². The maximum Gasteiger partial charge on any atom is 0.0584 e. The SMILES string of the molecule is S=C=NCCCCCc1cccs1. The highest BCUT2D eigenvalue weighted by Gasteiger charge is 1.93. The van der Waals surface area contributed by atoms with Crippen molar-refractivity contribution in [1.82, 2.24) is 0 Å². The summed E-state index contributed by atoms with van der Waals surface area (Å²) in [6.45, 7) is 0.841. The molecule has 0 amide bonds. The van der Waals surface area contributed by atoms with Gasteiger partial charge < -0.3 is 0 Å². The van der Waals surface area contributed by atoms with E-state index in [9.17, 15) is 0 Å². The zero-order valence-corrected chi connectivity index (χ0v) is 9.16. The van der Waals surface area contributed by atoms with E-state index in [2.05, 4.69) is 39.9 Å². The highest BCUT2D eigenvalue weighted by atomic mass is 32.1. The number of hydrogen-bond donors (Lipinski definition) is 0. The smallest absolute Gasteiger partial charge is 0.0584 e. The summed E-state index contributed by atoms with van der Waals surface area (Å²) in [5.74, 6) is 0. The maximum atomic E-state index is 4.48. The van der Waals surface area contributed by atoms with Crippen LogP contribution in [0.2, 0.25) is 0 Å². The average Bonchev–Trinajstić information content (AvgIpc) is 2.63. The molecule has 0 N–H and O–H groups in total. The first-order valence-electron chi connectivity index (χ1n) is 4.49. The third-order valence-electron chi connectivity index (χ3n) is 1.84. The van der Waals surface area contributed by atoms with Crippen LogP contribution in [0, 0.1) is 0 Å². The molecule has 3 heteroatoms. The Hall–Kier alpha value is -0.500. The summed E-state index contributed by atoms with van der Waals surface area (Å²) in [4.78, 5) is 5.36. The highest BCUT2D eigenvalue weighted by Crippen LogP contribution is 2.12. The summed E-state index contributed by atoms with van der Waals surface area (Å²) in [7, 11) is 0. The van der Waals surface area contributed by atoms with Gasteiger partial charge in [-0.1, -0.05) is 12.5 Å². The molecule has 0 aliphatic heterocycles. The fraction of sp³-hybridized carbons (Fsp3) is 0.500. The molecule has 0 radical (unpaired) electrons. The minimum Gasteiger partial charge on any atom is -0.233 e. The second-order valence-corrected chi connectivity index (χ2v) is 4.08. The van der Waals surface area contributed by atoms with Crippen LogP contribution in [0.25, 0.3) is 0 Å². The van der Waals surface area contributed by atoms with Gasteiger partial charge in [-0.25, -0.2) is 4.99 Å². The Morgan fingerprint density at radius 2 is 2.31 bits per heavy atom.